The molecule has 3 atom stereocenters. The standard InChI is InChI=1S/C21H29FN2O2/c22-18-9-5-4-8-16(18)13-24-14-20-19(24)11-10-17(26-20)12-23-21(25)15-6-2-1-3-7-15/h4-5,8-9,15,17,19-20H,1-3,6-7,10-14H2,(H,23,25)/t17-,19-,20-/m0/s1. The first kappa shape index (κ1) is 17.9. The Balaban J connectivity index is 1.21. The minimum absolute atomic E-state index is 0.124. The van der Waals surface area contributed by atoms with Crippen LogP contribution in [-0.2, 0) is 16.1 Å². The van der Waals surface area contributed by atoms with Crippen LogP contribution in [-0.4, -0.2) is 42.1 Å². The maximum Gasteiger partial charge on any atom is 0.223 e. The van der Waals surface area contributed by atoms with Gasteiger partial charge in [0.15, 0.2) is 0 Å². The molecule has 1 aliphatic carbocycles. The number of hydrogen-bond acceptors (Lipinski definition) is 3. The summed E-state index contributed by atoms with van der Waals surface area (Å²) in [4.78, 5) is 14.6. The van der Waals surface area contributed by atoms with E-state index in [9.17, 15) is 9.18 Å². The second-order valence-electron chi connectivity index (χ2n) is 8.04. The molecule has 4 rings (SSSR count). The van der Waals surface area contributed by atoms with Crippen LogP contribution < -0.4 is 5.32 Å². The van der Waals surface area contributed by atoms with Gasteiger partial charge in [0.1, 0.15) is 5.82 Å². The quantitative estimate of drug-likeness (QED) is 0.876. The lowest BCUT2D eigenvalue weighted by Crippen LogP contribution is -2.64. The van der Waals surface area contributed by atoms with Crippen LogP contribution in [0.2, 0.25) is 0 Å². The zero-order valence-corrected chi connectivity index (χ0v) is 15.3. The fourth-order valence-corrected chi connectivity index (χ4v) is 4.66. The van der Waals surface area contributed by atoms with Crippen molar-refractivity contribution >= 4 is 5.91 Å². The van der Waals surface area contributed by atoms with E-state index in [2.05, 4.69) is 10.2 Å². The molecule has 26 heavy (non-hydrogen) atoms. The largest absolute Gasteiger partial charge is 0.370 e. The van der Waals surface area contributed by atoms with Gasteiger partial charge in [-0.05, 0) is 31.7 Å². The Bertz CT molecular complexity index is 632. The number of nitrogens with zero attached hydrogens (tertiary/aromatic N) is 1. The molecule has 142 valence electrons. The van der Waals surface area contributed by atoms with E-state index in [1.165, 1.54) is 25.3 Å². The van der Waals surface area contributed by atoms with Crippen LogP contribution in [0.15, 0.2) is 24.3 Å². The summed E-state index contributed by atoms with van der Waals surface area (Å²) in [6.07, 6.45) is 8.07. The number of carbonyl (C=O) groups excluding carboxylic acids is 1. The predicted octanol–water partition coefficient (Wildman–Crippen LogP) is 3.25. The smallest absolute Gasteiger partial charge is 0.223 e. The number of ether oxygens (including phenoxy) is 1. The third-order valence-corrected chi connectivity index (χ3v) is 6.28. The first-order chi connectivity index (χ1) is 12.7. The van der Waals surface area contributed by atoms with Gasteiger partial charge in [-0.2, -0.15) is 0 Å². The topological polar surface area (TPSA) is 41.6 Å². The molecule has 0 bridgehead atoms. The maximum atomic E-state index is 13.8. The molecule has 4 nitrogen and oxygen atoms in total. The molecular formula is C21H29FN2O2. The molecule has 1 aromatic rings. The average Bonchev–Trinajstić information content (AvgIpc) is 2.66. The van der Waals surface area contributed by atoms with E-state index in [1.54, 1.807) is 6.07 Å². The van der Waals surface area contributed by atoms with Crippen molar-refractivity contribution < 1.29 is 13.9 Å². The van der Waals surface area contributed by atoms with Crippen LogP contribution in [0, 0.1) is 11.7 Å². The van der Waals surface area contributed by atoms with Gasteiger partial charge in [0.2, 0.25) is 5.91 Å². The van der Waals surface area contributed by atoms with E-state index in [0.29, 0.717) is 19.1 Å². The summed E-state index contributed by atoms with van der Waals surface area (Å²) in [7, 11) is 0. The van der Waals surface area contributed by atoms with Crippen molar-refractivity contribution in [2.75, 3.05) is 13.1 Å². The predicted molar refractivity (Wildman–Crippen MR) is 98.1 cm³/mol. The highest BCUT2D eigenvalue weighted by molar-refractivity contribution is 5.78. The van der Waals surface area contributed by atoms with Gasteiger partial charge in [-0.3, -0.25) is 9.69 Å². The van der Waals surface area contributed by atoms with Gasteiger partial charge in [0.25, 0.3) is 0 Å². The molecule has 0 spiro atoms. The molecule has 5 heteroatoms. The molecule has 1 aromatic carbocycles. The number of hydrogen-bond donors (Lipinski definition) is 1. The van der Waals surface area contributed by atoms with Crippen LogP contribution >= 0.6 is 0 Å². The lowest BCUT2D eigenvalue weighted by molar-refractivity contribution is -0.170. The van der Waals surface area contributed by atoms with Crippen molar-refractivity contribution in [3.63, 3.8) is 0 Å². The summed E-state index contributed by atoms with van der Waals surface area (Å²) in [5.74, 6) is 0.293. The summed E-state index contributed by atoms with van der Waals surface area (Å²) < 4.78 is 20.0. The Labute approximate surface area is 155 Å². The molecule has 0 radical (unpaired) electrons. The first-order valence-electron chi connectivity index (χ1n) is 10.1. The molecule has 2 heterocycles. The third-order valence-electron chi connectivity index (χ3n) is 6.28. The Morgan fingerprint density at radius 1 is 1.15 bits per heavy atom. The molecule has 3 aliphatic rings. The SMILES string of the molecule is O=C(NC[C@@H]1CC[C@H]2[C@H](CN2Cc2ccccc2F)O1)C1CCCCC1. The first-order valence-corrected chi connectivity index (χ1v) is 10.1. The van der Waals surface area contributed by atoms with Crippen LogP contribution in [0.4, 0.5) is 4.39 Å². The lowest BCUT2D eigenvalue weighted by atomic mass is 9.88. The second kappa shape index (κ2) is 8.05. The van der Waals surface area contributed by atoms with Gasteiger partial charge in [-0.25, -0.2) is 4.39 Å². The summed E-state index contributed by atoms with van der Waals surface area (Å²) in [5, 5.41) is 3.11. The number of carbonyl (C=O) groups is 1. The fourth-order valence-electron chi connectivity index (χ4n) is 4.66. The van der Waals surface area contributed by atoms with Gasteiger partial charge >= 0.3 is 0 Å². The number of nitrogens with one attached hydrogen (secondary N) is 1. The van der Waals surface area contributed by atoms with Crippen molar-refractivity contribution in [3.8, 4) is 0 Å². The normalized spacial score (nSPS) is 29.7. The second-order valence-corrected chi connectivity index (χ2v) is 8.04. The number of likely N-dealkylation sites (tertiary alicyclic amines) is 1. The molecule has 3 fully saturated rings. The van der Waals surface area contributed by atoms with Crippen molar-refractivity contribution in [2.45, 2.75) is 69.7 Å². The van der Waals surface area contributed by atoms with E-state index in [0.717, 1.165) is 37.8 Å². The van der Waals surface area contributed by atoms with E-state index in [4.69, 9.17) is 4.74 Å². The molecular weight excluding hydrogens is 331 g/mol. The molecule has 2 saturated heterocycles. The van der Waals surface area contributed by atoms with Gasteiger partial charge < -0.3 is 10.1 Å². The third kappa shape index (κ3) is 3.94. The van der Waals surface area contributed by atoms with E-state index in [-0.39, 0.29) is 29.9 Å². The van der Waals surface area contributed by atoms with Crippen LogP contribution in [0.5, 0.6) is 0 Å². The summed E-state index contributed by atoms with van der Waals surface area (Å²) in [6.45, 7) is 2.14. The molecule has 1 N–H and O–H groups in total. The highest BCUT2D eigenvalue weighted by Crippen LogP contribution is 2.33. The highest BCUT2D eigenvalue weighted by atomic mass is 19.1. The number of benzene rings is 1. The van der Waals surface area contributed by atoms with Crippen molar-refractivity contribution in [1.82, 2.24) is 10.2 Å². The van der Waals surface area contributed by atoms with Gasteiger partial charge in [0.05, 0.1) is 12.2 Å². The highest BCUT2D eigenvalue weighted by Gasteiger charge is 2.44. The molecule has 1 saturated carbocycles. The zero-order valence-electron chi connectivity index (χ0n) is 15.3. The number of halogens is 1. The van der Waals surface area contributed by atoms with E-state index >= 15 is 0 Å². The lowest BCUT2D eigenvalue weighted by Gasteiger charge is -2.52. The minimum atomic E-state index is -0.129. The Kier molecular flexibility index (Phi) is 5.55. The Morgan fingerprint density at radius 3 is 2.73 bits per heavy atom. The van der Waals surface area contributed by atoms with Gasteiger partial charge in [-0.1, -0.05) is 37.5 Å². The maximum absolute atomic E-state index is 13.8. The van der Waals surface area contributed by atoms with Gasteiger partial charge in [0, 0.05) is 37.2 Å². The Morgan fingerprint density at radius 2 is 1.96 bits per heavy atom. The molecule has 2 aliphatic heterocycles. The average molecular weight is 360 g/mol. The van der Waals surface area contributed by atoms with Crippen LogP contribution in [0.1, 0.15) is 50.5 Å². The summed E-state index contributed by atoms with van der Waals surface area (Å²) in [5.41, 5.74) is 0.757. The molecule has 0 unspecified atom stereocenters. The van der Waals surface area contributed by atoms with Crippen molar-refractivity contribution in [3.05, 3.63) is 35.6 Å². The Hall–Kier alpha value is -1.46. The number of fused-ring (bicyclic) bond motifs is 1. The zero-order chi connectivity index (χ0) is 17.9. The fraction of sp³-hybridized carbons (Fsp3) is 0.667. The summed E-state index contributed by atoms with van der Waals surface area (Å²) in [6, 6.07) is 7.39. The van der Waals surface area contributed by atoms with E-state index < -0.39 is 0 Å². The monoisotopic (exact) mass is 360 g/mol. The van der Waals surface area contributed by atoms with Crippen molar-refractivity contribution in [2.24, 2.45) is 5.92 Å². The van der Waals surface area contributed by atoms with Gasteiger partial charge in [-0.15, -0.1) is 0 Å². The number of amides is 1. The van der Waals surface area contributed by atoms with E-state index in [1.807, 2.05) is 12.1 Å². The number of rotatable bonds is 5. The van der Waals surface area contributed by atoms with Crippen LogP contribution in [0.25, 0.3) is 0 Å². The molecule has 0 aromatic heterocycles. The van der Waals surface area contributed by atoms with Crippen LogP contribution in [0.3, 0.4) is 0 Å². The summed E-state index contributed by atoms with van der Waals surface area (Å²) >= 11 is 0. The molecule has 1 amide bonds. The minimum Gasteiger partial charge on any atom is -0.370 e. The van der Waals surface area contributed by atoms with Crippen molar-refractivity contribution in [1.29, 1.82) is 0 Å².